The van der Waals surface area contributed by atoms with Crippen LogP contribution in [0, 0.1) is 6.92 Å². The van der Waals surface area contributed by atoms with Gasteiger partial charge in [0.15, 0.2) is 0 Å². The summed E-state index contributed by atoms with van der Waals surface area (Å²) in [5.74, 6) is 0. The van der Waals surface area contributed by atoms with Crippen molar-refractivity contribution < 1.29 is 0 Å². The fraction of sp³-hybridized carbons (Fsp3) is 0.0526. The highest BCUT2D eigenvalue weighted by molar-refractivity contribution is 6.08. The van der Waals surface area contributed by atoms with E-state index in [1.54, 1.807) is 0 Å². The maximum absolute atomic E-state index is 3.47. The van der Waals surface area contributed by atoms with Gasteiger partial charge in [-0.15, -0.1) is 0 Å². The van der Waals surface area contributed by atoms with E-state index >= 15 is 0 Å². The Morgan fingerprint density at radius 1 is 0.650 bits per heavy atom. The van der Waals surface area contributed by atoms with Crippen LogP contribution in [0.25, 0.3) is 32.9 Å². The van der Waals surface area contributed by atoms with Crippen LogP contribution >= 0.6 is 0 Å². The monoisotopic (exact) mass is 257 g/mol. The third-order valence-electron chi connectivity index (χ3n) is 3.89. The molecule has 0 bridgehead atoms. The summed E-state index contributed by atoms with van der Waals surface area (Å²) in [4.78, 5) is 3.47. The number of aromatic nitrogens is 1. The lowest BCUT2D eigenvalue weighted by Crippen LogP contribution is -1.78. The van der Waals surface area contributed by atoms with E-state index < -0.39 is 0 Å². The van der Waals surface area contributed by atoms with Crippen LogP contribution in [-0.4, -0.2) is 4.98 Å². The largest absolute Gasteiger partial charge is 0.355 e. The molecule has 1 nitrogen and oxygen atoms in total. The molecule has 4 rings (SSSR count). The first-order valence-corrected chi connectivity index (χ1v) is 6.89. The van der Waals surface area contributed by atoms with Gasteiger partial charge in [-0.1, -0.05) is 54.1 Å². The van der Waals surface area contributed by atoms with Crippen molar-refractivity contribution in [2.75, 3.05) is 0 Å². The average Bonchev–Trinajstić information content (AvgIpc) is 2.86. The Labute approximate surface area is 117 Å². The van der Waals surface area contributed by atoms with Gasteiger partial charge in [-0.2, -0.15) is 0 Å². The lowest BCUT2D eigenvalue weighted by Gasteiger charge is -2.03. The van der Waals surface area contributed by atoms with Crippen LogP contribution < -0.4 is 0 Å². The van der Waals surface area contributed by atoms with Crippen molar-refractivity contribution in [2.45, 2.75) is 6.92 Å². The normalized spacial score (nSPS) is 11.2. The first-order chi connectivity index (χ1) is 9.81. The van der Waals surface area contributed by atoms with E-state index in [1.807, 2.05) is 0 Å². The molecule has 1 heteroatoms. The number of aromatic amines is 1. The molecule has 0 aliphatic carbocycles. The standard InChI is InChI=1S/C19H15N/c1-13-6-8-14(9-7-13)15-10-11-19-17(12-15)16-4-2-3-5-18(16)20-19/h2-12,20H,1H3. The second kappa shape index (κ2) is 4.24. The van der Waals surface area contributed by atoms with Gasteiger partial charge in [0.05, 0.1) is 0 Å². The van der Waals surface area contributed by atoms with Crippen molar-refractivity contribution in [3.63, 3.8) is 0 Å². The first kappa shape index (κ1) is 11.3. The molecule has 4 aromatic rings. The van der Waals surface area contributed by atoms with Crippen LogP contribution in [0.3, 0.4) is 0 Å². The molecule has 0 amide bonds. The first-order valence-electron chi connectivity index (χ1n) is 6.89. The fourth-order valence-corrected chi connectivity index (χ4v) is 2.77. The van der Waals surface area contributed by atoms with Gasteiger partial charge in [0.1, 0.15) is 0 Å². The van der Waals surface area contributed by atoms with Crippen LogP contribution in [0.1, 0.15) is 5.56 Å². The van der Waals surface area contributed by atoms with Gasteiger partial charge in [-0.25, -0.2) is 0 Å². The summed E-state index contributed by atoms with van der Waals surface area (Å²) >= 11 is 0. The Hall–Kier alpha value is -2.54. The van der Waals surface area contributed by atoms with Gasteiger partial charge in [-0.05, 0) is 36.2 Å². The Morgan fingerprint density at radius 2 is 1.35 bits per heavy atom. The summed E-state index contributed by atoms with van der Waals surface area (Å²) < 4.78 is 0. The van der Waals surface area contributed by atoms with Gasteiger partial charge in [0.25, 0.3) is 0 Å². The average molecular weight is 257 g/mol. The minimum atomic E-state index is 1.20. The van der Waals surface area contributed by atoms with Gasteiger partial charge < -0.3 is 4.98 Å². The third-order valence-corrected chi connectivity index (χ3v) is 3.89. The Balaban J connectivity index is 1.97. The van der Waals surface area contributed by atoms with Crippen molar-refractivity contribution in [1.29, 1.82) is 0 Å². The minimum Gasteiger partial charge on any atom is -0.355 e. The number of H-pyrrole nitrogens is 1. The Morgan fingerprint density at radius 3 is 2.20 bits per heavy atom. The molecule has 0 fully saturated rings. The second-order valence-corrected chi connectivity index (χ2v) is 5.30. The SMILES string of the molecule is Cc1ccc(-c2ccc3[nH]c4ccccc4c3c2)cc1. The molecule has 0 atom stereocenters. The van der Waals surface area contributed by atoms with Gasteiger partial charge in [-0.3, -0.25) is 0 Å². The number of benzene rings is 3. The zero-order valence-electron chi connectivity index (χ0n) is 11.4. The number of rotatable bonds is 1. The van der Waals surface area contributed by atoms with Crippen molar-refractivity contribution >= 4 is 21.8 Å². The van der Waals surface area contributed by atoms with Gasteiger partial charge in [0, 0.05) is 21.8 Å². The van der Waals surface area contributed by atoms with Gasteiger partial charge >= 0.3 is 0 Å². The Bertz CT molecular complexity index is 898. The summed E-state index contributed by atoms with van der Waals surface area (Å²) in [6, 6.07) is 23.8. The highest BCUT2D eigenvalue weighted by Gasteiger charge is 2.05. The molecule has 0 saturated heterocycles. The van der Waals surface area contributed by atoms with Crippen LogP contribution in [0.2, 0.25) is 0 Å². The summed E-state index contributed by atoms with van der Waals surface area (Å²) in [6.07, 6.45) is 0. The molecule has 3 aromatic carbocycles. The number of fused-ring (bicyclic) bond motifs is 3. The van der Waals surface area contributed by atoms with E-state index in [-0.39, 0.29) is 0 Å². The lowest BCUT2D eigenvalue weighted by atomic mass is 10.0. The second-order valence-electron chi connectivity index (χ2n) is 5.30. The van der Waals surface area contributed by atoms with E-state index in [2.05, 4.69) is 78.6 Å². The fourth-order valence-electron chi connectivity index (χ4n) is 2.77. The van der Waals surface area contributed by atoms with E-state index in [0.717, 1.165) is 0 Å². The van der Waals surface area contributed by atoms with E-state index in [4.69, 9.17) is 0 Å². The minimum absolute atomic E-state index is 1.20. The maximum atomic E-state index is 3.47. The van der Waals surface area contributed by atoms with Crippen LogP contribution in [-0.2, 0) is 0 Å². The molecule has 96 valence electrons. The van der Waals surface area contributed by atoms with Gasteiger partial charge in [0.2, 0.25) is 0 Å². The van der Waals surface area contributed by atoms with Crippen LogP contribution in [0.5, 0.6) is 0 Å². The lowest BCUT2D eigenvalue weighted by molar-refractivity contribution is 1.47. The predicted molar refractivity (Wildman–Crippen MR) is 86.0 cm³/mol. The van der Waals surface area contributed by atoms with E-state index in [1.165, 1.54) is 38.5 Å². The quantitative estimate of drug-likeness (QED) is 0.476. The van der Waals surface area contributed by atoms with Crippen LogP contribution in [0.15, 0.2) is 66.7 Å². The topological polar surface area (TPSA) is 15.8 Å². The Kier molecular flexibility index (Phi) is 2.40. The van der Waals surface area contributed by atoms with E-state index in [0.29, 0.717) is 0 Å². The summed E-state index contributed by atoms with van der Waals surface area (Å²) in [5.41, 5.74) is 6.22. The molecule has 1 aromatic heterocycles. The van der Waals surface area contributed by atoms with Crippen molar-refractivity contribution in [3.05, 3.63) is 72.3 Å². The molecule has 0 spiro atoms. The molecular weight excluding hydrogens is 242 g/mol. The molecule has 0 unspecified atom stereocenters. The number of nitrogens with one attached hydrogen (secondary N) is 1. The molecule has 0 radical (unpaired) electrons. The zero-order valence-corrected chi connectivity index (χ0v) is 11.4. The molecule has 1 N–H and O–H groups in total. The number of para-hydroxylation sites is 1. The highest BCUT2D eigenvalue weighted by Crippen LogP contribution is 2.29. The highest BCUT2D eigenvalue weighted by atomic mass is 14.7. The van der Waals surface area contributed by atoms with Crippen molar-refractivity contribution in [1.82, 2.24) is 4.98 Å². The van der Waals surface area contributed by atoms with Crippen molar-refractivity contribution in [2.24, 2.45) is 0 Å². The number of hydrogen-bond acceptors (Lipinski definition) is 0. The van der Waals surface area contributed by atoms with E-state index in [9.17, 15) is 0 Å². The maximum Gasteiger partial charge on any atom is 0.0465 e. The number of aryl methyl sites for hydroxylation is 1. The number of hydrogen-bond donors (Lipinski definition) is 1. The summed E-state index contributed by atoms with van der Waals surface area (Å²) in [7, 11) is 0. The zero-order chi connectivity index (χ0) is 13.5. The third kappa shape index (κ3) is 1.71. The molecule has 20 heavy (non-hydrogen) atoms. The van der Waals surface area contributed by atoms with Crippen LogP contribution in [0.4, 0.5) is 0 Å². The molecule has 0 aliphatic rings. The smallest absolute Gasteiger partial charge is 0.0465 e. The molecular formula is C19H15N. The molecule has 0 aliphatic heterocycles. The summed E-state index contributed by atoms with van der Waals surface area (Å²) in [5, 5.41) is 2.58. The van der Waals surface area contributed by atoms with Crippen molar-refractivity contribution in [3.8, 4) is 11.1 Å². The summed E-state index contributed by atoms with van der Waals surface area (Å²) in [6.45, 7) is 2.12. The molecule has 1 heterocycles. The predicted octanol–water partition coefficient (Wildman–Crippen LogP) is 5.30. The molecule has 0 saturated carbocycles.